The number of hydrogen-bond acceptors (Lipinski definition) is 4. The first-order valence-electron chi connectivity index (χ1n) is 5.88. The highest BCUT2D eigenvalue weighted by molar-refractivity contribution is 7.60. The van der Waals surface area contributed by atoms with Gasteiger partial charge in [0.05, 0.1) is 22.3 Å². The first kappa shape index (κ1) is 19.8. The van der Waals surface area contributed by atoms with Crippen molar-refractivity contribution in [1.29, 1.82) is 0 Å². The molecule has 0 aliphatic carbocycles. The lowest BCUT2D eigenvalue weighted by molar-refractivity contribution is 0.192. The van der Waals surface area contributed by atoms with Crippen LogP contribution < -0.4 is 10.4 Å². The largest absolute Gasteiger partial charge is 0.355 e. The van der Waals surface area contributed by atoms with Gasteiger partial charge in [-0.2, -0.15) is 0 Å². The first-order chi connectivity index (χ1) is 10.2. The molecule has 0 aliphatic rings. The second-order valence-corrected chi connectivity index (χ2v) is 7.95. The zero-order valence-corrected chi connectivity index (χ0v) is 15.4. The third-order valence-electron chi connectivity index (χ3n) is 2.29. The van der Waals surface area contributed by atoms with Gasteiger partial charge in [0.1, 0.15) is 0 Å². The third kappa shape index (κ3) is 5.17. The molecular weight excluding hydrogens is 397 g/mol. The van der Waals surface area contributed by atoms with Crippen LogP contribution >= 0.6 is 53.9 Å². The molecule has 2 N–H and O–H groups in total. The van der Waals surface area contributed by atoms with Crippen molar-refractivity contribution in [3.63, 3.8) is 0 Å². The standard InChI is InChI=1S/C11H13Cl4N2O4P/c1-3-21-22(19,10(15)20-2)17-11(18)16-9-7(13)4-6(12)5-8(9)14/h4-5,10H,3H2,1-2H3,(H2,16,17,18,19)/t10-,22-/m1/s1. The van der Waals surface area contributed by atoms with Crippen molar-refractivity contribution >= 4 is 65.6 Å². The molecule has 1 aromatic carbocycles. The maximum atomic E-state index is 12.4. The van der Waals surface area contributed by atoms with Crippen LogP contribution in [0.3, 0.4) is 0 Å². The normalized spacial score (nSPS) is 15.0. The molecule has 0 aliphatic heterocycles. The van der Waals surface area contributed by atoms with Crippen LogP contribution in [0.4, 0.5) is 10.5 Å². The molecule has 0 fully saturated rings. The fourth-order valence-electron chi connectivity index (χ4n) is 1.42. The van der Waals surface area contributed by atoms with Gasteiger partial charge in [0.2, 0.25) is 5.30 Å². The summed E-state index contributed by atoms with van der Waals surface area (Å²) in [5.41, 5.74) is 0.108. The number of alkyl halides is 1. The van der Waals surface area contributed by atoms with E-state index >= 15 is 0 Å². The molecule has 0 aromatic heterocycles. The van der Waals surface area contributed by atoms with Crippen molar-refractivity contribution in [2.24, 2.45) is 0 Å². The number of anilines is 1. The van der Waals surface area contributed by atoms with Crippen LogP contribution in [-0.4, -0.2) is 25.1 Å². The Labute approximate surface area is 147 Å². The number of methoxy groups -OCH3 is 1. The van der Waals surface area contributed by atoms with Gasteiger partial charge in [0.15, 0.2) is 0 Å². The van der Waals surface area contributed by atoms with E-state index in [1.54, 1.807) is 6.92 Å². The van der Waals surface area contributed by atoms with E-state index in [1.807, 2.05) is 0 Å². The topological polar surface area (TPSA) is 76.7 Å². The fraction of sp³-hybridized carbons (Fsp3) is 0.364. The number of urea groups is 1. The van der Waals surface area contributed by atoms with Gasteiger partial charge in [0.25, 0.3) is 0 Å². The van der Waals surface area contributed by atoms with Crippen molar-refractivity contribution in [1.82, 2.24) is 5.09 Å². The molecule has 0 spiro atoms. The molecule has 1 aromatic rings. The maximum Gasteiger partial charge on any atom is 0.340 e. The third-order valence-corrected chi connectivity index (χ3v) is 5.95. The van der Waals surface area contributed by atoms with Crippen LogP contribution in [0, 0.1) is 0 Å². The van der Waals surface area contributed by atoms with Gasteiger partial charge in [-0.25, -0.2) is 4.79 Å². The minimum Gasteiger partial charge on any atom is -0.355 e. The Hall–Kier alpha value is -0.200. The Morgan fingerprint density at radius 1 is 1.32 bits per heavy atom. The predicted octanol–water partition coefficient (Wildman–Crippen LogP) is 5.17. The summed E-state index contributed by atoms with van der Waals surface area (Å²) in [6.45, 7) is 1.66. The molecule has 0 bridgehead atoms. The summed E-state index contributed by atoms with van der Waals surface area (Å²) in [6, 6.07) is 1.92. The van der Waals surface area contributed by atoms with Gasteiger partial charge in [-0.05, 0) is 19.1 Å². The number of rotatable bonds is 6. The highest BCUT2D eigenvalue weighted by atomic mass is 35.5. The summed E-state index contributed by atoms with van der Waals surface area (Å²) in [5.74, 6) is 0. The highest BCUT2D eigenvalue weighted by Gasteiger charge is 2.35. The Morgan fingerprint density at radius 3 is 2.32 bits per heavy atom. The minimum absolute atomic E-state index is 0.0621. The summed E-state index contributed by atoms with van der Waals surface area (Å²) in [5, 5.41) is 3.70. The summed E-state index contributed by atoms with van der Waals surface area (Å²) in [7, 11) is -2.54. The molecule has 6 nitrogen and oxygen atoms in total. The number of amides is 2. The molecule has 0 heterocycles. The van der Waals surface area contributed by atoms with Crippen molar-refractivity contribution in [2.75, 3.05) is 19.0 Å². The number of ether oxygens (including phenoxy) is 1. The van der Waals surface area contributed by atoms with Crippen molar-refractivity contribution < 1.29 is 18.6 Å². The van der Waals surface area contributed by atoms with Crippen LogP contribution in [-0.2, 0) is 13.8 Å². The van der Waals surface area contributed by atoms with Gasteiger partial charge in [-0.3, -0.25) is 9.65 Å². The second-order valence-electron chi connectivity index (χ2n) is 3.85. The van der Waals surface area contributed by atoms with Crippen LogP contribution in [0.25, 0.3) is 0 Å². The molecule has 0 saturated heterocycles. The Balaban J connectivity index is 2.92. The first-order valence-corrected chi connectivity index (χ1v) is 9.14. The van der Waals surface area contributed by atoms with Crippen LogP contribution in [0.1, 0.15) is 6.92 Å². The molecule has 0 saturated carbocycles. The quantitative estimate of drug-likeness (QED) is 0.502. The van der Waals surface area contributed by atoms with Crippen LogP contribution in [0.5, 0.6) is 0 Å². The number of halogens is 4. The molecule has 124 valence electrons. The van der Waals surface area contributed by atoms with Gasteiger partial charge < -0.3 is 14.6 Å². The molecule has 2 amide bonds. The van der Waals surface area contributed by atoms with Crippen molar-refractivity contribution in [3.05, 3.63) is 27.2 Å². The highest BCUT2D eigenvalue weighted by Crippen LogP contribution is 2.50. The summed E-state index contributed by atoms with van der Waals surface area (Å²) >= 11 is 23.4. The number of carbonyl (C=O) groups is 1. The summed E-state index contributed by atoms with van der Waals surface area (Å²) < 4.78 is 22.2. The maximum absolute atomic E-state index is 12.4. The van der Waals surface area contributed by atoms with E-state index in [4.69, 9.17) is 55.7 Å². The molecule has 22 heavy (non-hydrogen) atoms. The summed E-state index contributed by atoms with van der Waals surface area (Å²) in [6.07, 6.45) is 0. The Morgan fingerprint density at radius 2 is 1.86 bits per heavy atom. The Bertz CT molecular complexity index is 578. The predicted molar refractivity (Wildman–Crippen MR) is 89.5 cm³/mol. The average molecular weight is 410 g/mol. The number of nitrogens with one attached hydrogen (secondary N) is 2. The van der Waals surface area contributed by atoms with E-state index in [1.165, 1.54) is 19.2 Å². The molecule has 0 radical (unpaired) electrons. The molecule has 2 atom stereocenters. The molecule has 0 unspecified atom stereocenters. The smallest absolute Gasteiger partial charge is 0.340 e. The van der Waals surface area contributed by atoms with Gasteiger partial charge in [-0.15, -0.1) is 0 Å². The van der Waals surface area contributed by atoms with E-state index < -0.39 is 18.9 Å². The monoisotopic (exact) mass is 408 g/mol. The van der Waals surface area contributed by atoms with E-state index in [0.717, 1.165) is 0 Å². The zero-order chi connectivity index (χ0) is 16.9. The number of benzene rings is 1. The minimum atomic E-state index is -3.77. The lowest BCUT2D eigenvalue weighted by Gasteiger charge is -2.22. The average Bonchev–Trinajstić information content (AvgIpc) is 2.42. The lowest BCUT2D eigenvalue weighted by Crippen LogP contribution is -2.30. The van der Waals surface area contributed by atoms with E-state index in [2.05, 4.69) is 10.4 Å². The molecular formula is C11H13Cl4N2O4P. The molecule has 1 rings (SSSR count). The second kappa shape index (κ2) is 8.60. The van der Waals surface area contributed by atoms with Crippen molar-refractivity contribution in [3.8, 4) is 0 Å². The van der Waals surface area contributed by atoms with Crippen molar-refractivity contribution in [2.45, 2.75) is 12.2 Å². The fourth-order valence-corrected chi connectivity index (χ4v) is 3.93. The molecule has 11 heteroatoms. The van der Waals surface area contributed by atoms with Gasteiger partial charge in [-0.1, -0.05) is 46.4 Å². The van der Waals surface area contributed by atoms with E-state index in [9.17, 15) is 9.36 Å². The SMILES string of the molecule is CCO[P@@](=O)(NC(=O)Nc1c(Cl)cc(Cl)cc1Cl)[C@H](Cl)OC. The Kier molecular flexibility index (Phi) is 7.75. The van der Waals surface area contributed by atoms with Gasteiger partial charge in [0, 0.05) is 12.1 Å². The van der Waals surface area contributed by atoms with Gasteiger partial charge >= 0.3 is 13.6 Å². The van der Waals surface area contributed by atoms with E-state index in [0.29, 0.717) is 5.02 Å². The number of hydrogen-bond donors (Lipinski definition) is 2. The van der Waals surface area contributed by atoms with Crippen LogP contribution in [0.2, 0.25) is 15.1 Å². The lowest BCUT2D eigenvalue weighted by atomic mass is 10.3. The van der Waals surface area contributed by atoms with E-state index in [-0.39, 0.29) is 22.3 Å². The summed E-state index contributed by atoms with van der Waals surface area (Å²) in [4.78, 5) is 12.0. The zero-order valence-electron chi connectivity index (χ0n) is 11.5. The van der Waals surface area contributed by atoms with Crippen LogP contribution in [0.15, 0.2) is 12.1 Å². The number of carbonyl (C=O) groups excluding carboxylic acids is 1.